The fourth-order valence-corrected chi connectivity index (χ4v) is 3.35. The Labute approximate surface area is 160 Å². The number of hydrogen-bond acceptors (Lipinski definition) is 2. The van der Waals surface area contributed by atoms with Crippen molar-refractivity contribution in [3.8, 4) is 0 Å². The van der Waals surface area contributed by atoms with Crippen LogP contribution in [0, 0.1) is 0 Å². The summed E-state index contributed by atoms with van der Waals surface area (Å²) in [5.74, 6) is 0.929. The lowest BCUT2D eigenvalue weighted by atomic mass is 9.96. The van der Waals surface area contributed by atoms with Crippen LogP contribution in [0.25, 0.3) is 0 Å². The van der Waals surface area contributed by atoms with E-state index in [0.29, 0.717) is 16.1 Å². The van der Waals surface area contributed by atoms with Gasteiger partial charge in [-0.2, -0.15) is 0 Å². The summed E-state index contributed by atoms with van der Waals surface area (Å²) >= 11 is 12.1. The molecule has 2 fully saturated rings. The first-order chi connectivity index (χ1) is 11.2. The maximum atomic E-state index is 6.13. The fourth-order valence-electron chi connectivity index (χ4n) is 3.05. The summed E-state index contributed by atoms with van der Waals surface area (Å²) < 4.78 is 5.46. The van der Waals surface area contributed by atoms with Crippen LogP contribution in [-0.2, 0) is 4.74 Å². The van der Waals surface area contributed by atoms with Crippen LogP contribution >= 0.6 is 35.6 Å². The van der Waals surface area contributed by atoms with Crippen molar-refractivity contribution in [1.82, 2.24) is 4.90 Å². The second-order valence-corrected chi connectivity index (χ2v) is 6.91. The second kappa shape index (κ2) is 9.71. The first-order valence-corrected chi connectivity index (χ1v) is 9.10. The monoisotopic (exact) mass is 391 g/mol. The minimum absolute atomic E-state index is 0. The average molecular weight is 393 g/mol. The summed E-state index contributed by atoms with van der Waals surface area (Å²) in [4.78, 5) is 7.27. The van der Waals surface area contributed by atoms with Gasteiger partial charge in [-0.15, -0.1) is 12.4 Å². The van der Waals surface area contributed by atoms with Gasteiger partial charge in [0.15, 0.2) is 5.96 Å². The summed E-state index contributed by atoms with van der Waals surface area (Å²) in [6.45, 7) is 3.21. The molecule has 1 aromatic carbocycles. The summed E-state index contributed by atoms with van der Waals surface area (Å²) in [5, 5.41) is 4.56. The van der Waals surface area contributed by atoms with Crippen LogP contribution in [0.15, 0.2) is 23.2 Å². The lowest BCUT2D eigenvalue weighted by Crippen LogP contribution is -2.44. The Kier molecular flexibility index (Phi) is 7.95. The molecule has 0 radical (unpaired) electrons. The zero-order valence-corrected chi connectivity index (χ0v) is 16.0. The lowest BCUT2D eigenvalue weighted by Gasteiger charge is -2.31. The molecule has 3 rings (SSSR count). The van der Waals surface area contributed by atoms with E-state index in [4.69, 9.17) is 32.9 Å². The molecular formula is C17H24Cl3N3O. The quantitative estimate of drug-likeness (QED) is 0.577. The van der Waals surface area contributed by atoms with Crippen molar-refractivity contribution < 1.29 is 4.74 Å². The van der Waals surface area contributed by atoms with Gasteiger partial charge >= 0.3 is 0 Å². The summed E-state index contributed by atoms with van der Waals surface area (Å²) in [6.07, 6.45) is 6.24. The number of anilines is 1. The van der Waals surface area contributed by atoms with Gasteiger partial charge in [-0.1, -0.05) is 42.5 Å². The zero-order valence-electron chi connectivity index (χ0n) is 13.6. The van der Waals surface area contributed by atoms with Crippen molar-refractivity contribution in [3.63, 3.8) is 0 Å². The van der Waals surface area contributed by atoms with Gasteiger partial charge in [0, 0.05) is 18.8 Å². The molecule has 0 bridgehead atoms. The molecule has 1 N–H and O–H groups in total. The van der Waals surface area contributed by atoms with E-state index in [-0.39, 0.29) is 12.4 Å². The third-order valence-corrected chi connectivity index (χ3v) is 5.10. The van der Waals surface area contributed by atoms with Gasteiger partial charge in [0.1, 0.15) is 0 Å². The van der Waals surface area contributed by atoms with Gasteiger partial charge in [0.2, 0.25) is 0 Å². The molecular weight excluding hydrogens is 369 g/mol. The number of morpholine rings is 1. The van der Waals surface area contributed by atoms with Crippen LogP contribution in [0.2, 0.25) is 10.0 Å². The van der Waals surface area contributed by atoms with E-state index < -0.39 is 0 Å². The van der Waals surface area contributed by atoms with Gasteiger partial charge in [0.25, 0.3) is 0 Å². The van der Waals surface area contributed by atoms with Crippen molar-refractivity contribution in [2.45, 2.75) is 38.1 Å². The van der Waals surface area contributed by atoms with E-state index >= 15 is 0 Å². The van der Waals surface area contributed by atoms with Crippen LogP contribution in [0.3, 0.4) is 0 Å². The predicted molar refractivity (Wildman–Crippen MR) is 104 cm³/mol. The second-order valence-electron chi connectivity index (χ2n) is 6.10. The molecule has 0 spiro atoms. The number of hydrogen-bond donors (Lipinski definition) is 1. The largest absolute Gasteiger partial charge is 0.378 e. The highest BCUT2D eigenvalue weighted by Crippen LogP contribution is 2.26. The summed E-state index contributed by atoms with van der Waals surface area (Å²) in [5.41, 5.74) is 0.917. The van der Waals surface area contributed by atoms with Gasteiger partial charge in [-0.25, -0.2) is 4.99 Å². The molecule has 2 aliphatic rings. The molecule has 0 unspecified atom stereocenters. The van der Waals surface area contributed by atoms with Gasteiger partial charge < -0.3 is 15.0 Å². The first kappa shape index (κ1) is 19.6. The Morgan fingerprint density at radius 1 is 1.08 bits per heavy atom. The number of nitrogens with one attached hydrogen (secondary N) is 1. The number of ether oxygens (including phenoxy) is 1. The molecule has 1 saturated carbocycles. The molecule has 1 heterocycles. The minimum Gasteiger partial charge on any atom is -0.378 e. The third kappa shape index (κ3) is 5.41. The van der Waals surface area contributed by atoms with Gasteiger partial charge in [-0.3, -0.25) is 0 Å². The normalized spacial score (nSPS) is 19.8. The SMILES string of the molecule is Cl.Clc1ccc(NC(=NC2CCCCC2)N2CCOCC2)cc1Cl. The van der Waals surface area contributed by atoms with E-state index in [1.807, 2.05) is 18.2 Å². The topological polar surface area (TPSA) is 36.9 Å². The van der Waals surface area contributed by atoms with Crippen molar-refractivity contribution in [2.75, 3.05) is 31.6 Å². The van der Waals surface area contributed by atoms with Gasteiger partial charge in [-0.05, 0) is 31.0 Å². The molecule has 1 saturated heterocycles. The Morgan fingerprint density at radius 2 is 1.79 bits per heavy atom. The van der Waals surface area contributed by atoms with E-state index in [1.54, 1.807) is 0 Å². The Bertz CT molecular complexity index is 556. The molecule has 0 amide bonds. The number of rotatable bonds is 2. The van der Waals surface area contributed by atoms with Crippen molar-refractivity contribution in [1.29, 1.82) is 0 Å². The van der Waals surface area contributed by atoms with Crippen LogP contribution in [-0.4, -0.2) is 43.2 Å². The van der Waals surface area contributed by atoms with Crippen molar-refractivity contribution in [2.24, 2.45) is 4.99 Å². The van der Waals surface area contributed by atoms with Gasteiger partial charge in [0.05, 0.1) is 29.3 Å². The number of guanidine groups is 1. The average Bonchev–Trinajstić information content (AvgIpc) is 2.59. The first-order valence-electron chi connectivity index (χ1n) is 8.35. The van der Waals surface area contributed by atoms with E-state index in [0.717, 1.165) is 38.0 Å². The molecule has 4 nitrogen and oxygen atoms in total. The highest BCUT2D eigenvalue weighted by molar-refractivity contribution is 6.42. The Hall–Kier alpha value is -0.680. The molecule has 7 heteroatoms. The Balaban J connectivity index is 0.00000208. The number of halogens is 3. The number of nitrogens with zero attached hydrogens (tertiary/aromatic N) is 2. The molecule has 1 aliphatic heterocycles. The standard InChI is InChI=1S/C17H23Cl2N3O.ClH/c18-15-7-6-14(12-16(15)19)21-17(22-8-10-23-11-9-22)20-13-4-2-1-3-5-13;/h6-7,12-13H,1-5,8-11H2,(H,20,21);1H. The van der Waals surface area contributed by atoms with E-state index in [1.165, 1.54) is 32.1 Å². The van der Waals surface area contributed by atoms with Crippen molar-refractivity contribution in [3.05, 3.63) is 28.2 Å². The van der Waals surface area contributed by atoms with E-state index in [9.17, 15) is 0 Å². The highest BCUT2D eigenvalue weighted by Gasteiger charge is 2.19. The molecule has 0 aromatic heterocycles. The number of benzene rings is 1. The summed E-state index contributed by atoms with van der Waals surface area (Å²) in [6, 6.07) is 6.01. The van der Waals surface area contributed by atoms with E-state index in [2.05, 4.69) is 10.2 Å². The molecule has 0 atom stereocenters. The molecule has 1 aromatic rings. The smallest absolute Gasteiger partial charge is 0.198 e. The predicted octanol–water partition coefficient (Wildman–Crippen LogP) is 4.85. The van der Waals surface area contributed by atoms with Crippen molar-refractivity contribution >= 4 is 47.3 Å². The Morgan fingerprint density at radius 3 is 2.46 bits per heavy atom. The molecule has 134 valence electrons. The lowest BCUT2D eigenvalue weighted by molar-refractivity contribution is 0.0677. The van der Waals surface area contributed by atoms with Crippen LogP contribution in [0.1, 0.15) is 32.1 Å². The zero-order chi connectivity index (χ0) is 16.1. The van der Waals surface area contributed by atoms with Crippen LogP contribution < -0.4 is 5.32 Å². The maximum Gasteiger partial charge on any atom is 0.198 e. The minimum atomic E-state index is 0. The van der Waals surface area contributed by atoms with Crippen LogP contribution in [0.4, 0.5) is 5.69 Å². The fraction of sp³-hybridized carbons (Fsp3) is 0.588. The molecule has 1 aliphatic carbocycles. The van der Waals surface area contributed by atoms with Crippen LogP contribution in [0.5, 0.6) is 0 Å². The maximum absolute atomic E-state index is 6.13. The number of aliphatic imine (C=N–C) groups is 1. The highest BCUT2D eigenvalue weighted by atomic mass is 35.5. The third-order valence-electron chi connectivity index (χ3n) is 4.37. The summed E-state index contributed by atoms with van der Waals surface area (Å²) in [7, 11) is 0. The molecule has 24 heavy (non-hydrogen) atoms.